The standard InChI is InChI=1S/C20H20F3N5O2/c1-3-15(30-20(25)28-19(22)23)8-13-7-14(6-11(2)17(13)21)27-18(29)16-5-4-12(9-24)10-26-16/h4-7,10,15,19H,3,8H2,1-2H3,(H2,25,28)(H,27,29)/t15-/m1/s1. The number of nitrogens with one attached hydrogen (secondary N) is 1. The Labute approximate surface area is 171 Å². The highest BCUT2D eigenvalue weighted by molar-refractivity contribution is 6.02. The van der Waals surface area contributed by atoms with Crippen LogP contribution in [0.3, 0.4) is 0 Å². The van der Waals surface area contributed by atoms with Crippen molar-refractivity contribution in [3.8, 4) is 6.07 Å². The van der Waals surface area contributed by atoms with E-state index in [-0.39, 0.29) is 23.2 Å². The van der Waals surface area contributed by atoms with Gasteiger partial charge in [0.15, 0.2) is 0 Å². The lowest BCUT2D eigenvalue weighted by Gasteiger charge is -2.18. The monoisotopic (exact) mass is 419 g/mol. The van der Waals surface area contributed by atoms with Crippen LogP contribution in [0.1, 0.15) is 40.5 Å². The third-order valence-electron chi connectivity index (χ3n) is 4.13. The van der Waals surface area contributed by atoms with Crippen molar-refractivity contribution in [1.82, 2.24) is 4.98 Å². The molecule has 1 atom stereocenters. The van der Waals surface area contributed by atoms with Crippen LogP contribution in [0.2, 0.25) is 0 Å². The molecule has 0 aliphatic carbocycles. The third-order valence-corrected chi connectivity index (χ3v) is 4.13. The first kappa shape index (κ1) is 22.7. The zero-order valence-corrected chi connectivity index (χ0v) is 16.3. The smallest absolute Gasteiger partial charge is 0.336 e. The van der Waals surface area contributed by atoms with Gasteiger partial charge in [0.05, 0.1) is 5.56 Å². The average molecular weight is 419 g/mol. The Kier molecular flexibility index (Phi) is 7.75. The number of hydrogen-bond donors (Lipinski definition) is 2. The number of rotatable bonds is 7. The molecule has 1 aromatic carbocycles. The molecule has 3 N–H and O–H groups in total. The number of anilines is 1. The molecule has 1 aromatic heterocycles. The van der Waals surface area contributed by atoms with E-state index in [0.717, 1.165) is 0 Å². The lowest BCUT2D eigenvalue weighted by atomic mass is 10.0. The van der Waals surface area contributed by atoms with E-state index in [2.05, 4.69) is 15.3 Å². The Balaban J connectivity index is 2.19. The number of carbonyl (C=O) groups excluding carboxylic acids is 1. The van der Waals surface area contributed by atoms with Crippen molar-refractivity contribution < 1.29 is 22.7 Å². The number of carbonyl (C=O) groups is 1. The summed E-state index contributed by atoms with van der Waals surface area (Å²) in [4.78, 5) is 19.1. The normalized spacial score (nSPS) is 12.4. The number of aliphatic imine (C=N–C) groups is 1. The summed E-state index contributed by atoms with van der Waals surface area (Å²) in [5, 5.41) is 11.4. The molecule has 1 amide bonds. The fraction of sp³-hybridized carbons (Fsp3) is 0.300. The Morgan fingerprint density at radius 2 is 2.13 bits per heavy atom. The predicted molar refractivity (Wildman–Crippen MR) is 105 cm³/mol. The average Bonchev–Trinajstić information content (AvgIpc) is 2.70. The van der Waals surface area contributed by atoms with Crippen molar-refractivity contribution in [3.63, 3.8) is 0 Å². The maximum absolute atomic E-state index is 14.6. The summed E-state index contributed by atoms with van der Waals surface area (Å²) in [5.74, 6) is -1.04. The van der Waals surface area contributed by atoms with E-state index in [1.807, 2.05) is 6.07 Å². The minimum Gasteiger partial charge on any atom is -0.462 e. The molecular formula is C20H20F3N5O2. The van der Waals surface area contributed by atoms with Crippen molar-refractivity contribution >= 4 is 17.6 Å². The molecule has 2 rings (SSSR count). The van der Waals surface area contributed by atoms with Crippen molar-refractivity contribution in [2.45, 2.75) is 39.3 Å². The summed E-state index contributed by atoms with van der Waals surface area (Å²) in [7, 11) is 0. The first-order valence-electron chi connectivity index (χ1n) is 8.98. The molecule has 0 radical (unpaired) electrons. The van der Waals surface area contributed by atoms with Gasteiger partial charge in [0.25, 0.3) is 11.9 Å². The number of ether oxygens (including phenoxy) is 1. The van der Waals surface area contributed by atoms with Gasteiger partial charge in [0, 0.05) is 18.3 Å². The molecule has 2 aromatic rings. The van der Waals surface area contributed by atoms with Crippen LogP contribution in [-0.2, 0) is 11.2 Å². The molecule has 0 fully saturated rings. The topological polar surface area (TPSA) is 113 Å². The molecule has 30 heavy (non-hydrogen) atoms. The molecule has 158 valence electrons. The number of nitrogens with zero attached hydrogens (tertiary/aromatic N) is 3. The Hall–Kier alpha value is -3.61. The quantitative estimate of drug-likeness (QED) is 0.405. The lowest BCUT2D eigenvalue weighted by Crippen LogP contribution is -2.27. The minimum absolute atomic E-state index is 0.0292. The van der Waals surface area contributed by atoms with Crippen LogP contribution in [0.5, 0.6) is 0 Å². The molecule has 0 aliphatic rings. The second-order valence-corrected chi connectivity index (χ2v) is 6.36. The van der Waals surface area contributed by atoms with E-state index >= 15 is 0 Å². The van der Waals surface area contributed by atoms with E-state index in [4.69, 9.17) is 15.7 Å². The highest BCUT2D eigenvalue weighted by atomic mass is 19.3. The van der Waals surface area contributed by atoms with Crippen molar-refractivity contribution in [2.24, 2.45) is 10.7 Å². The largest absolute Gasteiger partial charge is 0.462 e. The van der Waals surface area contributed by atoms with E-state index in [9.17, 15) is 18.0 Å². The molecule has 0 spiro atoms. The number of nitrogens with two attached hydrogens (primary N) is 1. The van der Waals surface area contributed by atoms with Crippen LogP contribution < -0.4 is 11.1 Å². The van der Waals surface area contributed by atoms with Gasteiger partial charge in [-0.25, -0.2) is 9.37 Å². The number of aromatic nitrogens is 1. The molecular weight excluding hydrogens is 399 g/mol. The number of halogens is 3. The summed E-state index contributed by atoms with van der Waals surface area (Å²) in [6.45, 7) is 0.256. The maximum Gasteiger partial charge on any atom is 0.336 e. The SMILES string of the molecule is CC[C@H](Cc1cc(NC(=O)c2ccc(C#N)cn2)cc(C)c1F)OC(N)=NC(F)F. The molecule has 0 aliphatic heterocycles. The molecule has 0 unspecified atom stereocenters. The van der Waals surface area contributed by atoms with E-state index < -0.39 is 30.4 Å². The molecule has 10 heteroatoms. The van der Waals surface area contributed by atoms with Gasteiger partial charge in [0.1, 0.15) is 23.7 Å². The fourth-order valence-electron chi connectivity index (χ4n) is 2.66. The number of aryl methyl sites for hydroxylation is 1. The first-order valence-corrected chi connectivity index (χ1v) is 8.98. The van der Waals surface area contributed by atoms with E-state index in [1.165, 1.54) is 37.4 Å². The molecule has 0 saturated heterocycles. The van der Waals surface area contributed by atoms with Crippen molar-refractivity contribution in [2.75, 3.05) is 5.32 Å². The summed E-state index contributed by atoms with van der Waals surface area (Å²) in [6.07, 6.45) is 0.975. The Bertz CT molecular complexity index is 972. The minimum atomic E-state index is -3.00. The van der Waals surface area contributed by atoms with Crippen molar-refractivity contribution in [3.05, 3.63) is 58.7 Å². The number of amides is 1. The summed E-state index contributed by atoms with van der Waals surface area (Å²) < 4.78 is 44.3. The van der Waals surface area contributed by atoms with Crippen molar-refractivity contribution in [1.29, 1.82) is 5.26 Å². The lowest BCUT2D eigenvalue weighted by molar-refractivity contribution is 0.102. The van der Waals surface area contributed by atoms with Crippen LogP contribution in [0, 0.1) is 24.1 Å². The zero-order valence-electron chi connectivity index (χ0n) is 16.3. The first-order chi connectivity index (χ1) is 14.2. The number of benzene rings is 1. The molecule has 1 heterocycles. The second-order valence-electron chi connectivity index (χ2n) is 6.36. The second kappa shape index (κ2) is 10.2. The number of pyridine rings is 1. The van der Waals surface area contributed by atoms with Gasteiger partial charge in [-0.1, -0.05) is 6.92 Å². The highest BCUT2D eigenvalue weighted by Gasteiger charge is 2.17. The van der Waals surface area contributed by atoms with E-state index in [1.54, 1.807) is 6.92 Å². The molecule has 0 saturated carbocycles. The van der Waals surface area contributed by atoms with Crippen LogP contribution in [0.15, 0.2) is 35.5 Å². The highest BCUT2D eigenvalue weighted by Crippen LogP contribution is 2.22. The Morgan fingerprint density at radius 1 is 1.40 bits per heavy atom. The summed E-state index contributed by atoms with van der Waals surface area (Å²) >= 11 is 0. The summed E-state index contributed by atoms with van der Waals surface area (Å²) in [5.41, 5.74) is 6.54. The van der Waals surface area contributed by atoms with Gasteiger partial charge in [0.2, 0.25) is 0 Å². The van der Waals surface area contributed by atoms with Gasteiger partial charge in [-0.3, -0.25) is 4.79 Å². The fourth-order valence-corrected chi connectivity index (χ4v) is 2.66. The number of hydrogen-bond acceptors (Lipinski definition) is 5. The van der Waals surface area contributed by atoms with E-state index in [0.29, 0.717) is 17.7 Å². The van der Waals surface area contributed by atoms with Crippen LogP contribution in [-0.4, -0.2) is 29.6 Å². The molecule has 7 nitrogen and oxygen atoms in total. The summed E-state index contributed by atoms with van der Waals surface area (Å²) in [6, 6.07) is 6.97. The zero-order chi connectivity index (χ0) is 22.3. The van der Waals surface area contributed by atoms with Crippen LogP contribution >= 0.6 is 0 Å². The maximum atomic E-state index is 14.6. The van der Waals surface area contributed by atoms with Gasteiger partial charge in [-0.15, -0.1) is 0 Å². The van der Waals surface area contributed by atoms with Gasteiger partial charge >= 0.3 is 6.55 Å². The van der Waals surface area contributed by atoms with Crippen LogP contribution in [0.25, 0.3) is 0 Å². The number of alkyl halides is 2. The Morgan fingerprint density at radius 3 is 2.70 bits per heavy atom. The number of amidine groups is 1. The molecule has 0 bridgehead atoms. The van der Waals surface area contributed by atoms with Gasteiger partial charge in [-0.05, 0) is 48.7 Å². The van der Waals surface area contributed by atoms with Gasteiger partial charge in [-0.2, -0.15) is 19.0 Å². The van der Waals surface area contributed by atoms with Gasteiger partial charge < -0.3 is 15.8 Å². The van der Waals surface area contributed by atoms with Crippen LogP contribution in [0.4, 0.5) is 18.9 Å². The predicted octanol–water partition coefficient (Wildman–Crippen LogP) is 3.53. The number of nitriles is 1. The third kappa shape index (κ3) is 6.20.